The van der Waals surface area contributed by atoms with Crippen molar-refractivity contribution in [2.75, 3.05) is 11.6 Å². The van der Waals surface area contributed by atoms with Crippen molar-refractivity contribution in [2.45, 2.75) is 31.3 Å². The molecule has 0 unspecified atom stereocenters. The minimum Gasteiger partial charge on any atom is -0.487 e. The molecule has 1 amide bonds. The number of rotatable bonds is 5. The van der Waals surface area contributed by atoms with Crippen molar-refractivity contribution >= 4 is 33.0 Å². The molecule has 0 aliphatic carbocycles. The predicted molar refractivity (Wildman–Crippen MR) is 122 cm³/mol. The lowest BCUT2D eigenvalue weighted by molar-refractivity contribution is 0.102. The van der Waals surface area contributed by atoms with E-state index >= 15 is 0 Å². The summed E-state index contributed by atoms with van der Waals surface area (Å²) in [4.78, 5) is 17.2. The van der Waals surface area contributed by atoms with E-state index in [-0.39, 0.29) is 15.5 Å². The van der Waals surface area contributed by atoms with Crippen molar-refractivity contribution in [1.82, 2.24) is 9.55 Å². The number of hydrogen-bond acceptors (Lipinski definition) is 5. The van der Waals surface area contributed by atoms with Gasteiger partial charge in [0.05, 0.1) is 28.0 Å². The van der Waals surface area contributed by atoms with E-state index in [0.717, 1.165) is 11.9 Å². The Morgan fingerprint density at radius 1 is 1.16 bits per heavy atom. The Morgan fingerprint density at radius 3 is 2.45 bits per heavy atom. The van der Waals surface area contributed by atoms with Crippen LogP contribution in [0.25, 0.3) is 11.4 Å². The molecule has 0 atom stereocenters. The zero-order chi connectivity index (χ0) is 23.0. The normalized spacial score (nSPS) is 11.9. The molecule has 0 saturated heterocycles. The number of sulfone groups is 1. The van der Waals surface area contributed by atoms with Crippen LogP contribution in [0.4, 0.5) is 5.69 Å². The molecule has 1 aromatic carbocycles. The first-order valence-corrected chi connectivity index (χ1v) is 11.7. The van der Waals surface area contributed by atoms with Gasteiger partial charge in [0.2, 0.25) is 0 Å². The summed E-state index contributed by atoms with van der Waals surface area (Å²) in [6.07, 6.45) is 4.40. The van der Waals surface area contributed by atoms with E-state index in [9.17, 15) is 13.2 Å². The molecule has 9 heteroatoms. The van der Waals surface area contributed by atoms with E-state index in [1.54, 1.807) is 23.0 Å². The molecule has 31 heavy (non-hydrogen) atoms. The van der Waals surface area contributed by atoms with Crippen LogP contribution in [0.1, 0.15) is 31.1 Å². The van der Waals surface area contributed by atoms with Gasteiger partial charge in [-0.15, -0.1) is 0 Å². The number of hydrogen-bond donors (Lipinski definition) is 1. The highest BCUT2D eigenvalue weighted by Gasteiger charge is 2.16. The van der Waals surface area contributed by atoms with Crippen LogP contribution >= 0.6 is 11.6 Å². The summed E-state index contributed by atoms with van der Waals surface area (Å²) in [5.41, 5.74) is 1.80. The molecule has 3 aromatic rings. The number of benzene rings is 1. The Bertz CT molecular complexity index is 1230. The lowest BCUT2D eigenvalue weighted by Gasteiger charge is -2.20. The summed E-state index contributed by atoms with van der Waals surface area (Å²) in [7, 11) is -1.65. The number of anilines is 1. The van der Waals surface area contributed by atoms with E-state index in [2.05, 4.69) is 10.3 Å². The molecule has 7 nitrogen and oxygen atoms in total. The van der Waals surface area contributed by atoms with Crippen LogP contribution in [0.15, 0.2) is 53.7 Å². The topological polar surface area (TPSA) is 90.3 Å². The average molecular weight is 462 g/mol. The molecule has 0 aliphatic heterocycles. The number of pyridine rings is 1. The van der Waals surface area contributed by atoms with Crippen molar-refractivity contribution in [2.24, 2.45) is 7.05 Å². The number of amides is 1. The molecule has 2 heterocycles. The summed E-state index contributed by atoms with van der Waals surface area (Å²) in [6.45, 7) is 5.88. The van der Waals surface area contributed by atoms with Crippen LogP contribution in [0.5, 0.6) is 5.75 Å². The summed E-state index contributed by atoms with van der Waals surface area (Å²) in [5, 5.41) is 2.91. The second kappa shape index (κ2) is 8.36. The van der Waals surface area contributed by atoms with Gasteiger partial charge in [-0.25, -0.2) is 8.42 Å². The van der Waals surface area contributed by atoms with Crippen molar-refractivity contribution in [3.05, 3.63) is 59.4 Å². The fraction of sp³-hybridized carbons (Fsp3) is 0.273. The third-order valence-electron chi connectivity index (χ3n) is 4.25. The zero-order valence-corrected chi connectivity index (χ0v) is 19.5. The Labute approximate surface area is 186 Å². The number of aryl methyl sites for hydroxylation is 1. The average Bonchev–Trinajstić information content (AvgIpc) is 3.02. The number of aromatic nitrogens is 2. The van der Waals surface area contributed by atoms with Gasteiger partial charge in [-0.3, -0.25) is 9.78 Å². The molecule has 0 aliphatic rings. The Morgan fingerprint density at radius 2 is 1.87 bits per heavy atom. The molecule has 0 saturated carbocycles. The van der Waals surface area contributed by atoms with Crippen LogP contribution in [-0.4, -0.2) is 35.7 Å². The SMILES string of the molecule is Cn1cc(C(=O)Nc2cc(Cl)cc(S(C)(=O)=O)c2)cc1-c1ccc(OC(C)(C)C)cn1. The maximum atomic E-state index is 12.7. The van der Waals surface area contributed by atoms with Gasteiger partial charge >= 0.3 is 0 Å². The highest BCUT2D eigenvalue weighted by Crippen LogP contribution is 2.26. The monoisotopic (exact) mass is 461 g/mol. The van der Waals surface area contributed by atoms with Gasteiger partial charge < -0.3 is 14.6 Å². The fourth-order valence-electron chi connectivity index (χ4n) is 2.94. The first kappa shape index (κ1) is 22.8. The first-order valence-electron chi connectivity index (χ1n) is 9.46. The smallest absolute Gasteiger partial charge is 0.257 e. The first-order chi connectivity index (χ1) is 14.3. The number of halogens is 1. The van der Waals surface area contributed by atoms with Crippen LogP contribution < -0.4 is 10.1 Å². The van der Waals surface area contributed by atoms with E-state index in [4.69, 9.17) is 16.3 Å². The second-order valence-corrected chi connectivity index (χ2v) is 10.7. The molecule has 1 N–H and O–H groups in total. The highest BCUT2D eigenvalue weighted by molar-refractivity contribution is 7.90. The summed E-state index contributed by atoms with van der Waals surface area (Å²) >= 11 is 6.01. The van der Waals surface area contributed by atoms with Crippen LogP contribution in [0, 0.1) is 0 Å². The van der Waals surface area contributed by atoms with Gasteiger partial charge in [0, 0.05) is 30.2 Å². The summed E-state index contributed by atoms with van der Waals surface area (Å²) in [5.74, 6) is 0.266. The minimum absolute atomic E-state index is 0.0332. The third-order valence-corrected chi connectivity index (χ3v) is 5.56. The molecular weight excluding hydrogens is 438 g/mol. The number of nitrogens with zero attached hydrogens (tertiary/aromatic N) is 2. The van der Waals surface area contributed by atoms with E-state index in [1.165, 1.54) is 18.2 Å². The highest BCUT2D eigenvalue weighted by atomic mass is 35.5. The van der Waals surface area contributed by atoms with Crippen LogP contribution in [0.2, 0.25) is 5.02 Å². The Balaban J connectivity index is 1.82. The van der Waals surface area contributed by atoms with Crippen molar-refractivity contribution < 1.29 is 17.9 Å². The lowest BCUT2D eigenvalue weighted by Crippen LogP contribution is -2.22. The van der Waals surface area contributed by atoms with Crippen LogP contribution in [0.3, 0.4) is 0 Å². The van der Waals surface area contributed by atoms with E-state index in [1.807, 2.05) is 40.0 Å². The fourth-order valence-corrected chi connectivity index (χ4v) is 3.92. The molecule has 0 fully saturated rings. The number of ether oxygens (including phenoxy) is 1. The molecular formula is C22H24ClN3O4S. The molecule has 0 radical (unpaired) electrons. The van der Waals surface area contributed by atoms with Gasteiger partial charge in [-0.1, -0.05) is 11.6 Å². The van der Waals surface area contributed by atoms with Gasteiger partial charge in [-0.2, -0.15) is 0 Å². The maximum Gasteiger partial charge on any atom is 0.257 e. The Hall–Kier alpha value is -2.84. The van der Waals surface area contributed by atoms with Gasteiger partial charge in [0.15, 0.2) is 9.84 Å². The van der Waals surface area contributed by atoms with Crippen molar-refractivity contribution in [3.8, 4) is 17.1 Å². The number of carbonyl (C=O) groups excluding carboxylic acids is 1. The minimum atomic E-state index is -3.46. The van der Waals surface area contributed by atoms with E-state index < -0.39 is 15.7 Å². The molecule has 0 bridgehead atoms. The van der Waals surface area contributed by atoms with Crippen molar-refractivity contribution in [3.63, 3.8) is 0 Å². The quantitative estimate of drug-likeness (QED) is 0.600. The second-order valence-electron chi connectivity index (χ2n) is 8.22. The van der Waals surface area contributed by atoms with Gasteiger partial charge in [-0.05, 0) is 57.2 Å². The Kier molecular flexibility index (Phi) is 6.16. The standard InChI is InChI=1S/C22H24ClN3O4S/c1-22(2,3)30-17-6-7-19(24-12-17)20-8-14(13-26(20)4)21(27)25-16-9-15(23)10-18(11-16)31(5,28)29/h6-13H,1-5H3,(H,25,27). The van der Waals surface area contributed by atoms with Gasteiger partial charge in [0.25, 0.3) is 5.91 Å². The predicted octanol–water partition coefficient (Wildman–Crippen LogP) is 4.57. The summed E-state index contributed by atoms with van der Waals surface area (Å²) < 4.78 is 31.2. The number of carbonyl (C=O) groups is 1. The lowest BCUT2D eigenvalue weighted by atomic mass is 10.2. The third kappa shape index (κ3) is 5.86. The van der Waals surface area contributed by atoms with Crippen LogP contribution in [-0.2, 0) is 16.9 Å². The van der Waals surface area contributed by atoms with Crippen molar-refractivity contribution in [1.29, 1.82) is 0 Å². The zero-order valence-electron chi connectivity index (χ0n) is 17.9. The molecule has 0 spiro atoms. The molecule has 2 aromatic heterocycles. The van der Waals surface area contributed by atoms with Gasteiger partial charge in [0.1, 0.15) is 11.4 Å². The van der Waals surface area contributed by atoms with E-state index in [0.29, 0.717) is 22.7 Å². The molecule has 3 rings (SSSR count). The largest absolute Gasteiger partial charge is 0.487 e. The maximum absolute atomic E-state index is 12.7. The number of nitrogens with one attached hydrogen (secondary N) is 1. The summed E-state index contributed by atoms with van der Waals surface area (Å²) in [6, 6.07) is 9.58. The molecule has 164 valence electrons.